The van der Waals surface area contributed by atoms with E-state index in [-0.39, 0.29) is 0 Å². The minimum Gasteiger partial charge on any atom is -0.458 e. The number of hydrogen-bond donors (Lipinski definition) is 0. The molecule has 0 radical (unpaired) electrons. The summed E-state index contributed by atoms with van der Waals surface area (Å²) in [5, 5.41) is 0. The minimum atomic E-state index is -2.34. The van der Waals surface area contributed by atoms with Gasteiger partial charge < -0.3 is 28.4 Å². The average molecular weight is 651 g/mol. The summed E-state index contributed by atoms with van der Waals surface area (Å²) in [7, 11) is 0. The highest BCUT2D eigenvalue weighted by Crippen LogP contribution is 2.54. The highest BCUT2D eigenvalue weighted by atomic mass is 16.6. The molecular formula is C32H42O14. The van der Waals surface area contributed by atoms with E-state index in [9.17, 15) is 38.4 Å². The van der Waals surface area contributed by atoms with E-state index in [4.69, 9.17) is 28.4 Å². The Bertz CT molecular complexity index is 1360. The molecule has 0 bridgehead atoms. The first kappa shape index (κ1) is 37.8. The summed E-state index contributed by atoms with van der Waals surface area (Å²) in [6.07, 6.45) is -5.02. The van der Waals surface area contributed by atoms with Crippen LogP contribution < -0.4 is 0 Å². The highest BCUT2D eigenvalue weighted by Gasteiger charge is 2.72. The van der Waals surface area contributed by atoms with Crippen molar-refractivity contribution >= 4 is 47.4 Å². The minimum absolute atomic E-state index is 0.392. The quantitative estimate of drug-likeness (QED) is 0.231. The van der Waals surface area contributed by atoms with Gasteiger partial charge in [0.15, 0.2) is 35.0 Å². The molecule has 0 aromatic heterocycles. The van der Waals surface area contributed by atoms with E-state index in [1.807, 2.05) is 0 Å². The van der Waals surface area contributed by atoms with Crippen molar-refractivity contribution in [2.75, 3.05) is 0 Å². The van der Waals surface area contributed by atoms with E-state index in [1.54, 1.807) is 0 Å². The van der Waals surface area contributed by atoms with Crippen LogP contribution in [0, 0.1) is 17.3 Å². The molecule has 8 atom stereocenters. The molecule has 46 heavy (non-hydrogen) atoms. The van der Waals surface area contributed by atoms with Gasteiger partial charge in [-0.1, -0.05) is 25.7 Å². The zero-order chi connectivity index (χ0) is 35.5. The van der Waals surface area contributed by atoms with Gasteiger partial charge in [-0.3, -0.25) is 38.4 Å². The number of esters is 6. The van der Waals surface area contributed by atoms with Gasteiger partial charge >= 0.3 is 35.8 Å². The molecule has 254 valence electrons. The zero-order valence-corrected chi connectivity index (χ0v) is 27.7. The predicted octanol–water partition coefficient (Wildman–Crippen LogP) is 2.28. The Balaban J connectivity index is 3.21. The maximum Gasteiger partial charge on any atom is 0.303 e. The smallest absolute Gasteiger partial charge is 0.303 e. The van der Waals surface area contributed by atoms with Crippen LogP contribution in [-0.4, -0.2) is 83.0 Å². The number of carbonyl (C=O) groups excluding carboxylic acids is 8. The summed E-state index contributed by atoms with van der Waals surface area (Å²) in [5.74, 6) is -9.97. The van der Waals surface area contributed by atoms with Crippen molar-refractivity contribution in [3.05, 3.63) is 24.3 Å². The third kappa shape index (κ3) is 8.07. The molecule has 14 heteroatoms. The van der Waals surface area contributed by atoms with Crippen molar-refractivity contribution in [1.29, 1.82) is 0 Å². The Hall–Kier alpha value is -4.36. The van der Waals surface area contributed by atoms with Crippen molar-refractivity contribution in [1.82, 2.24) is 0 Å². The number of ketones is 2. The van der Waals surface area contributed by atoms with E-state index >= 15 is 0 Å². The Kier molecular flexibility index (Phi) is 11.5. The SMILES string of the molecule is C=C1[C@@H](OC(C)=O)[C@@H]2[C@H](OC(C)=O)[C@@](C)(OC(C)=O)C[C@@]2(OC(C)=O)C(=O)[C@@H](C)/C=C/C(C)(C)C(=O)[C@@H](OC(C)=O)[C@@H]1OC(C)=O. The Labute approximate surface area is 267 Å². The van der Waals surface area contributed by atoms with Gasteiger partial charge in [-0.2, -0.15) is 0 Å². The lowest BCUT2D eigenvalue weighted by Crippen LogP contribution is -2.58. The Morgan fingerprint density at radius 3 is 1.59 bits per heavy atom. The van der Waals surface area contributed by atoms with Gasteiger partial charge in [-0.05, 0) is 20.8 Å². The molecule has 1 fully saturated rings. The molecule has 0 heterocycles. The fraction of sp³-hybridized carbons (Fsp3) is 0.625. The number of ether oxygens (including phenoxy) is 6. The molecule has 0 N–H and O–H groups in total. The van der Waals surface area contributed by atoms with E-state index in [0.717, 1.165) is 41.5 Å². The lowest BCUT2D eigenvalue weighted by Gasteiger charge is -2.42. The van der Waals surface area contributed by atoms with Crippen molar-refractivity contribution < 1.29 is 66.8 Å². The molecule has 2 aliphatic carbocycles. The fourth-order valence-corrected chi connectivity index (χ4v) is 6.20. The molecule has 14 nitrogen and oxygen atoms in total. The Morgan fingerprint density at radius 2 is 1.13 bits per heavy atom. The lowest BCUT2D eigenvalue weighted by molar-refractivity contribution is -0.191. The molecule has 0 amide bonds. The van der Waals surface area contributed by atoms with E-state index in [1.165, 1.54) is 39.8 Å². The molecule has 0 aromatic rings. The third-order valence-electron chi connectivity index (χ3n) is 7.81. The first-order valence-electron chi connectivity index (χ1n) is 14.5. The maximum absolute atomic E-state index is 14.6. The molecule has 2 rings (SSSR count). The van der Waals surface area contributed by atoms with Crippen LogP contribution in [0.1, 0.15) is 75.7 Å². The van der Waals surface area contributed by atoms with Gasteiger partial charge in [0.25, 0.3) is 0 Å². The van der Waals surface area contributed by atoms with E-state index < -0.39 is 112 Å². The van der Waals surface area contributed by atoms with Gasteiger partial charge in [0.1, 0.15) is 6.10 Å². The predicted molar refractivity (Wildman–Crippen MR) is 156 cm³/mol. The number of rotatable bonds is 6. The molecule has 0 saturated heterocycles. The van der Waals surface area contributed by atoms with Crippen molar-refractivity contribution in [2.45, 2.75) is 111 Å². The maximum atomic E-state index is 14.6. The van der Waals surface area contributed by atoms with Gasteiger partial charge in [0.05, 0.1) is 5.92 Å². The second-order valence-corrected chi connectivity index (χ2v) is 12.4. The summed E-state index contributed by atoms with van der Waals surface area (Å²) < 4.78 is 33.7. The highest BCUT2D eigenvalue weighted by molar-refractivity contribution is 5.95. The normalized spacial score (nSPS) is 33.2. The van der Waals surface area contributed by atoms with Gasteiger partial charge in [-0.15, -0.1) is 0 Å². The van der Waals surface area contributed by atoms with Crippen LogP contribution in [0.3, 0.4) is 0 Å². The average Bonchev–Trinajstić information content (AvgIpc) is 3.11. The van der Waals surface area contributed by atoms with Crippen LogP contribution in [0.5, 0.6) is 0 Å². The molecule has 0 spiro atoms. The fourth-order valence-electron chi connectivity index (χ4n) is 6.20. The van der Waals surface area contributed by atoms with Crippen LogP contribution in [0.2, 0.25) is 0 Å². The monoisotopic (exact) mass is 650 g/mol. The largest absolute Gasteiger partial charge is 0.458 e. The summed E-state index contributed by atoms with van der Waals surface area (Å²) in [6.45, 7) is 15.9. The molecule has 0 unspecified atom stereocenters. The zero-order valence-electron chi connectivity index (χ0n) is 27.7. The second-order valence-electron chi connectivity index (χ2n) is 12.4. The summed E-state index contributed by atoms with van der Waals surface area (Å²) >= 11 is 0. The Morgan fingerprint density at radius 1 is 0.674 bits per heavy atom. The van der Waals surface area contributed by atoms with Crippen molar-refractivity contribution in [3.63, 3.8) is 0 Å². The topological polar surface area (TPSA) is 192 Å². The number of carbonyl (C=O) groups is 8. The van der Waals surface area contributed by atoms with Gasteiger partial charge in [0.2, 0.25) is 6.10 Å². The lowest BCUT2D eigenvalue weighted by atomic mass is 9.72. The van der Waals surface area contributed by atoms with Gasteiger partial charge in [-0.25, -0.2) is 0 Å². The third-order valence-corrected chi connectivity index (χ3v) is 7.81. The van der Waals surface area contributed by atoms with Crippen LogP contribution >= 0.6 is 0 Å². The van der Waals surface area contributed by atoms with Crippen LogP contribution in [0.25, 0.3) is 0 Å². The molecule has 2 aliphatic rings. The first-order valence-corrected chi connectivity index (χ1v) is 14.5. The van der Waals surface area contributed by atoms with Crippen molar-refractivity contribution in [3.8, 4) is 0 Å². The summed E-state index contributed by atoms with van der Waals surface area (Å²) in [5.41, 5.74) is -6.07. The molecular weight excluding hydrogens is 608 g/mol. The molecule has 0 aliphatic heterocycles. The van der Waals surface area contributed by atoms with E-state index in [0.29, 0.717) is 0 Å². The van der Waals surface area contributed by atoms with E-state index in [2.05, 4.69) is 6.58 Å². The number of Topliss-reactive ketones (excluding diaryl/α,β-unsaturated/α-hetero) is 2. The summed E-state index contributed by atoms with van der Waals surface area (Å²) in [4.78, 5) is 104. The standard InChI is InChI=1S/C32H42O14/c1-15-12-13-30(9,10)28(40)26(43-19(5)35)25(42-18(4)34)16(2)24(41-17(3)33)23-29(44-20(6)36)31(11,45-21(7)37)14-32(23,27(15)39)46-22(8)38/h12-13,15,23-26,29H,2,14H2,1,3-11H3/b13-12+/t15-,23+,24+,25+,26-,29-,31-,32-/m0/s1. The van der Waals surface area contributed by atoms with Gasteiger partial charge in [0, 0.05) is 64.9 Å². The van der Waals surface area contributed by atoms with Crippen LogP contribution in [0.4, 0.5) is 0 Å². The van der Waals surface area contributed by atoms with Crippen molar-refractivity contribution in [2.24, 2.45) is 17.3 Å². The molecule has 0 aromatic carbocycles. The van der Waals surface area contributed by atoms with Crippen LogP contribution in [0.15, 0.2) is 24.3 Å². The molecule has 1 saturated carbocycles. The summed E-state index contributed by atoms with van der Waals surface area (Å²) in [6, 6.07) is 0. The number of allylic oxidation sites excluding steroid dienone is 2. The van der Waals surface area contributed by atoms with Crippen LogP contribution in [-0.2, 0) is 66.8 Å². The number of fused-ring (bicyclic) bond motifs is 1. The number of hydrogen-bond acceptors (Lipinski definition) is 14. The second kappa shape index (κ2) is 14.0. The first-order chi connectivity index (χ1) is 21.0.